The minimum absolute atomic E-state index is 0.117. The monoisotopic (exact) mass is 448 g/mol. The lowest BCUT2D eigenvalue weighted by molar-refractivity contribution is -0.122. The molecule has 2 heterocycles. The van der Waals surface area contributed by atoms with Crippen LogP contribution in [-0.4, -0.2) is 52.8 Å². The SMILES string of the molecule is COc1ccc(OC)c(N2CC(C(=O)Nc3cccc(-c4nnnn4C4CC4)c3)CC2=O)c1. The molecule has 170 valence electrons. The maximum Gasteiger partial charge on any atom is 0.229 e. The summed E-state index contributed by atoms with van der Waals surface area (Å²) in [5, 5.41) is 15.0. The van der Waals surface area contributed by atoms with Crippen molar-refractivity contribution in [3.05, 3.63) is 42.5 Å². The number of anilines is 2. The lowest BCUT2D eigenvalue weighted by atomic mass is 10.1. The van der Waals surface area contributed by atoms with E-state index in [2.05, 4.69) is 20.8 Å². The Hall–Kier alpha value is -3.95. The fourth-order valence-electron chi connectivity index (χ4n) is 4.05. The predicted molar refractivity (Wildman–Crippen MR) is 120 cm³/mol. The lowest BCUT2D eigenvalue weighted by Crippen LogP contribution is -2.28. The number of rotatable bonds is 7. The number of hydrogen-bond donors (Lipinski definition) is 1. The Morgan fingerprint density at radius 1 is 1.12 bits per heavy atom. The summed E-state index contributed by atoms with van der Waals surface area (Å²) in [7, 11) is 3.10. The van der Waals surface area contributed by atoms with Crippen molar-refractivity contribution < 1.29 is 19.1 Å². The number of methoxy groups -OCH3 is 2. The summed E-state index contributed by atoms with van der Waals surface area (Å²) in [6.45, 7) is 0.258. The number of tetrazole rings is 1. The number of carbonyl (C=O) groups is 2. The Morgan fingerprint density at radius 2 is 1.97 bits per heavy atom. The van der Waals surface area contributed by atoms with Gasteiger partial charge in [0.25, 0.3) is 0 Å². The molecule has 1 aliphatic carbocycles. The number of hydrogen-bond acceptors (Lipinski definition) is 7. The fraction of sp³-hybridized carbons (Fsp3) is 0.348. The van der Waals surface area contributed by atoms with Gasteiger partial charge in [-0.2, -0.15) is 0 Å². The van der Waals surface area contributed by atoms with E-state index in [9.17, 15) is 9.59 Å². The van der Waals surface area contributed by atoms with Gasteiger partial charge in [0.1, 0.15) is 11.5 Å². The van der Waals surface area contributed by atoms with Crippen LogP contribution < -0.4 is 19.7 Å². The maximum absolute atomic E-state index is 13.0. The molecule has 10 nitrogen and oxygen atoms in total. The van der Waals surface area contributed by atoms with Crippen LogP contribution in [0.15, 0.2) is 42.5 Å². The molecule has 1 aromatic heterocycles. The third-order valence-corrected chi connectivity index (χ3v) is 5.95. The third kappa shape index (κ3) is 4.11. The van der Waals surface area contributed by atoms with Crippen molar-refractivity contribution in [1.29, 1.82) is 0 Å². The van der Waals surface area contributed by atoms with Crippen LogP contribution in [0.25, 0.3) is 11.4 Å². The zero-order chi connectivity index (χ0) is 22.9. The van der Waals surface area contributed by atoms with Crippen LogP contribution in [0.1, 0.15) is 25.3 Å². The summed E-state index contributed by atoms with van der Waals surface area (Å²) in [6, 6.07) is 13.0. The molecule has 2 fully saturated rings. The lowest BCUT2D eigenvalue weighted by Gasteiger charge is -2.20. The molecule has 5 rings (SSSR count). The second-order valence-electron chi connectivity index (χ2n) is 8.19. The van der Waals surface area contributed by atoms with Crippen molar-refractivity contribution in [2.75, 3.05) is 31.0 Å². The van der Waals surface area contributed by atoms with Gasteiger partial charge in [0, 0.05) is 30.3 Å². The average Bonchev–Trinajstić information content (AvgIpc) is 3.42. The molecule has 1 N–H and O–H groups in total. The van der Waals surface area contributed by atoms with Crippen molar-refractivity contribution in [2.45, 2.75) is 25.3 Å². The summed E-state index contributed by atoms with van der Waals surface area (Å²) in [5.74, 6) is 0.989. The van der Waals surface area contributed by atoms with E-state index in [1.165, 1.54) is 0 Å². The van der Waals surface area contributed by atoms with E-state index in [4.69, 9.17) is 9.47 Å². The Kier molecular flexibility index (Phi) is 5.41. The van der Waals surface area contributed by atoms with Crippen LogP contribution in [0.5, 0.6) is 11.5 Å². The highest BCUT2D eigenvalue weighted by atomic mass is 16.5. The van der Waals surface area contributed by atoms with Gasteiger partial charge in [-0.25, -0.2) is 4.68 Å². The van der Waals surface area contributed by atoms with Gasteiger partial charge < -0.3 is 19.7 Å². The number of carbonyl (C=O) groups excluding carboxylic acids is 2. The molecule has 1 atom stereocenters. The van der Waals surface area contributed by atoms with Gasteiger partial charge in [-0.15, -0.1) is 5.10 Å². The van der Waals surface area contributed by atoms with Crippen molar-refractivity contribution in [3.63, 3.8) is 0 Å². The topological polar surface area (TPSA) is 111 Å². The molecule has 2 amide bonds. The van der Waals surface area contributed by atoms with E-state index < -0.39 is 5.92 Å². The van der Waals surface area contributed by atoms with Crippen molar-refractivity contribution in [1.82, 2.24) is 20.2 Å². The Labute approximate surface area is 190 Å². The van der Waals surface area contributed by atoms with E-state index >= 15 is 0 Å². The first-order chi connectivity index (χ1) is 16.1. The summed E-state index contributed by atoms with van der Waals surface area (Å²) >= 11 is 0. The van der Waals surface area contributed by atoms with E-state index in [0.717, 1.165) is 18.4 Å². The number of amides is 2. The summed E-state index contributed by atoms with van der Waals surface area (Å²) in [5.41, 5.74) is 2.05. The zero-order valence-electron chi connectivity index (χ0n) is 18.4. The molecule has 3 aromatic rings. The summed E-state index contributed by atoms with van der Waals surface area (Å²) in [6.07, 6.45) is 2.25. The van der Waals surface area contributed by atoms with Gasteiger partial charge in [0.2, 0.25) is 11.8 Å². The highest BCUT2D eigenvalue weighted by molar-refractivity contribution is 6.04. The van der Waals surface area contributed by atoms with E-state index in [0.29, 0.717) is 34.7 Å². The van der Waals surface area contributed by atoms with Crippen LogP contribution in [0, 0.1) is 5.92 Å². The van der Waals surface area contributed by atoms with Gasteiger partial charge in [0.15, 0.2) is 5.82 Å². The molecule has 1 saturated carbocycles. The first-order valence-corrected chi connectivity index (χ1v) is 10.8. The predicted octanol–water partition coefficient (Wildman–Crippen LogP) is 2.68. The first kappa shape index (κ1) is 20.9. The van der Waals surface area contributed by atoms with E-state index in [1.54, 1.807) is 37.3 Å². The summed E-state index contributed by atoms with van der Waals surface area (Å²) < 4.78 is 12.5. The standard InChI is InChI=1S/C23H24N6O4/c1-32-18-8-9-20(33-2)19(12-18)28-13-15(11-21(28)30)23(31)24-16-5-3-4-14(10-16)22-25-26-27-29(22)17-6-7-17/h3-5,8-10,12,15,17H,6-7,11,13H2,1-2H3,(H,24,31). The van der Waals surface area contributed by atoms with Crippen LogP contribution in [0.4, 0.5) is 11.4 Å². The van der Waals surface area contributed by atoms with Crippen LogP contribution >= 0.6 is 0 Å². The molecule has 0 spiro atoms. The van der Waals surface area contributed by atoms with Gasteiger partial charge in [-0.05, 0) is 47.5 Å². The minimum atomic E-state index is -0.492. The summed E-state index contributed by atoms with van der Waals surface area (Å²) in [4.78, 5) is 27.3. The Morgan fingerprint density at radius 3 is 2.73 bits per heavy atom. The number of nitrogens with one attached hydrogen (secondary N) is 1. The Balaban J connectivity index is 1.31. The van der Waals surface area contributed by atoms with Crippen molar-refractivity contribution in [2.24, 2.45) is 5.92 Å². The molecule has 2 aromatic carbocycles. The van der Waals surface area contributed by atoms with Crippen LogP contribution in [0.3, 0.4) is 0 Å². The maximum atomic E-state index is 13.0. The van der Waals surface area contributed by atoms with Gasteiger partial charge >= 0.3 is 0 Å². The normalized spacial score (nSPS) is 17.8. The molecule has 1 unspecified atom stereocenters. The van der Waals surface area contributed by atoms with Gasteiger partial charge in [-0.1, -0.05) is 12.1 Å². The molecule has 33 heavy (non-hydrogen) atoms. The quantitative estimate of drug-likeness (QED) is 0.591. The number of benzene rings is 2. The molecular weight excluding hydrogens is 424 g/mol. The molecule has 0 bridgehead atoms. The smallest absolute Gasteiger partial charge is 0.229 e. The number of nitrogens with zero attached hydrogens (tertiary/aromatic N) is 5. The van der Waals surface area contributed by atoms with E-state index in [-0.39, 0.29) is 24.8 Å². The van der Waals surface area contributed by atoms with E-state index in [1.807, 2.05) is 28.9 Å². The second kappa shape index (κ2) is 8.53. The van der Waals surface area contributed by atoms with Crippen LogP contribution in [-0.2, 0) is 9.59 Å². The molecule has 1 aliphatic heterocycles. The van der Waals surface area contributed by atoms with Gasteiger partial charge in [0.05, 0.1) is 31.9 Å². The fourth-order valence-corrected chi connectivity index (χ4v) is 4.05. The number of ether oxygens (including phenoxy) is 2. The molecule has 1 saturated heterocycles. The molecular formula is C23H24N6O4. The second-order valence-corrected chi connectivity index (χ2v) is 8.19. The van der Waals surface area contributed by atoms with Crippen LogP contribution in [0.2, 0.25) is 0 Å². The largest absolute Gasteiger partial charge is 0.497 e. The Bertz CT molecular complexity index is 1210. The zero-order valence-corrected chi connectivity index (χ0v) is 18.4. The molecule has 0 radical (unpaired) electrons. The number of aromatic nitrogens is 4. The molecule has 2 aliphatic rings. The molecule has 10 heteroatoms. The minimum Gasteiger partial charge on any atom is -0.497 e. The highest BCUT2D eigenvalue weighted by Gasteiger charge is 2.36. The van der Waals surface area contributed by atoms with Crippen molar-refractivity contribution in [3.8, 4) is 22.9 Å². The van der Waals surface area contributed by atoms with Gasteiger partial charge in [-0.3, -0.25) is 9.59 Å². The third-order valence-electron chi connectivity index (χ3n) is 5.95. The highest BCUT2D eigenvalue weighted by Crippen LogP contribution is 2.38. The average molecular weight is 448 g/mol. The van der Waals surface area contributed by atoms with Crippen molar-refractivity contribution >= 4 is 23.2 Å². The first-order valence-electron chi connectivity index (χ1n) is 10.8.